The molecule has 3 nitrogen and oxygen atoms in total. The Kier molecular flexibility index (Phi) is 6.68. The molecule has 7 aromatic carbocycles. The average Bonchev–Trinajstić information content (AvgIpc) is 3.74. The lowest BCUT2D eigenvalue weighted by atomic mass is 9.98. The Morgan fingerprint density at radius 1 is 0.400 bits per heavy atom. The van der Waals surface area contributed by atoms with Gasteiger partial charge >= 0.3 is 0 Å². The first-order valence-electron chi connectivity index (χ1n) is 16.8. The predicted octanol–water partition coefficient (Wildman–Crippen LogP) is 12.6. The predicted molar refractivity (Wildman–Crippen MR) is 211 cm³/mol. The van der Waals surface area contributed by atoms with Crippen molar-refractivity contribution in [3.8, 4) is 50.6 Å². The molecule has 0 N–H and O–H groups in total. The number of aromatic nitrogens is 3. The third-order valence-electron chi connectivity index (χ3n) is 9.65. The molecular formula is C46H29N3S. The molecule has 0 aliphatic rings. The molecule has 0 radical (unpaired) electrons. The molecule has 0 unspecified atom stereocenters. The molecule has 0 aliphatic heterocycles. The van der Waals surface area contributed by atoms with Gasteiger partial charge in [-0.25, -0.2) is 9.97 Å². The maximum atomic E-state index is 5.32. The van der Waals surface area contributed by atoms with Gasteiger partial charge in [-0.15, -0.1) is 11.3 Å². The minimum absolute atomic E-state index is 0.735. The Morgan fingerprint density at radius 2 is 1.00 bits per heavy atom. The van der Waals surface area contributed by atoms with Gasteiger partial charge in [0.05, 0.1) is 16.7 Å². The molecule has 0 spiro atoms. The number of benzene rings is 7. The fourth-order valence-corrected chi connectivity index (χ4v) is 8.33. The summed E-state index contributed by atoms with van der Waals surface area (Å²) in [6, 6.07) is 62.6. The molecular weight excluding hydrogens is 627 g/mol. The molecule has 10 aromatic rings. The second-order valence-corrected chi connectivity index (χ2v) is 13.6. The summed E-state index contributed by atoms with van der Waals surface area (Å²) in [6.07, 6.45) is 0. The minimum Gasteiger partial charge on any atom is -0.309 e. The molecule has 0 atom stereocenters. The maximum Gasteiger partial charge on any atom is 0.161 e. The van der Waals surface area contributed by atoms with Crippen molar-refractivity contribution in [3.63, 3.8) is 0 Å². The summed E-state index contributed by atoms with van der Waals surface area (Å²) in [7, 11) is 0. The molecule has 50 heavy (non-hydrogen) atoms. The number of hydrogen-bond donors (Lipinski definition) is 0. The van der Waals surface area contributed by atoms with Gasteiger partial charge in [-0.05, 0) is 64.7 Å². The number of hydrogen-bond acceptors (Lipinski definition) is 3. The SMILES string of the molecule is c1ccc(-c2ccc(-c3nc(-c4cccc(-c5ccc6c(c5)c5ccccc5n6-c5ccccc5)c4)c4c(n3)sc3ccccc34)cc2)cc1. The van der Waals surface area contributed by atoms with E-state index in [4.69, 9.17) is 9.97 Å². The van der Waals surface area contributed by atoms with Crippen molar-refractivity contribution >= 4 is 53.4 Å². The largest absolute Gasteiger partial charge is 0.309 e. The van der Waals surface area contributed by atoms with Crippen molar-refractivity contribution in [1.82, 2.24) is 14.5 Å². The van der Waals surface area contributed by atoms with Crippen molar-refractivity contribution in [2.45, 2.75) is 0 Å². The van der Waals surface area contributed by atoms with E-state index in [9.17, 15) is 0 Å². The van der Waals surface area contributed by atoms with E-state index in [-0.39, 0.29) is 0 Å². The van der Waals surface area contributed by atoms with Crippen molar-refractivity contribution in [1.29, 1.82) is 0 Å². The number of thiophene rings is 1. The highest BCUT2D eigenvalue weighted by Crippen LogP contribution is 2.41. The average molecular weight is 656 g/mol. The summed E-state index contributed by atoms with van der Waals surface area (Å²) in [4.78, 5) is 11.5. The molecule has 10 rings (SSSR count). The van der Waals surface area contributed by atoms with Gasteiger partial charge in [0, 0.05) is 43.1 Å². The zero-order valence-electron chi connectivity index (χ0n) is 27.0. The summed E-state index contributed by atoms with van der Waals surface area (Å²) in [5.74, 6) is 0.735. The summed E-state index contributed by atoms with van der Waals surface area (Å²) in [6.45, 7) is 0. The van der Waals surface area contributed by atoms with Crippen LogP contribution in [0.3, 0.4) is 0 Å². The van der Waals surface area contributed by atoms with E-state index >= 15 is 0 Å². The lowest BCUT2D eigenvalue weighted by Gasteiger charge is -2.11. The maximum absolute atomic E-state index is 5.32. The Hall–Kier alpha value is -6.36. The molecule has 0 saturated heterocycles. The van der Waals surface area contributed by atoms with Gasteiger partial charge < -0.3 is 4.57 Å². The molecule has 3 aromatic heterocycles. The Morgan fingerprint density at radius 3 is 1.84 bits per heavy atom. The molecule has 4 heteroatoms. The van der Waals surface area contributed by atoms with Gasteiger partial charge in [-0.3, -0.25) is 0 Å². The molecule has 234 valence electrons. The van der Waals surface area contributed by atoms with Crippen LogP contribution in [0.4, 0.5) is 0 Å². The van der Waals surface area contributed by atoms with E-state index in [0.29, 0.717) is 0 Å². The number of para-hydroxylation sites is 2. The second kappa shape index (κ2) is 11.7. The first kappa shape index (κ1) is 28.6. The Balaban J connectivity index is 1.13. The van der Waals surface area contributed by atoms with Gasteiger partial charge in [0.15, 0.2) is 5.82 Å². The summed E-state index contributed by atoms with van der Waals surface area (Å²) in [5, 5.41) is 4.78. The first-order chi connectivity index (χ1) is 24.8. The van der Waals surface area contributed by atoms with Crippen molar-refractivity contribution in [3.05, 3.63) is 176 Å². The van der Waals surface area contributed by atoms with Crippen molar-refractivity contribution in [2.75, 3.05) is 0 Å². The molecule has 0 aliphatic carbocycles. The number of nitrogens with zero attached hydrogens (tertiary/aromatic N) is 3. The highest BCUT2D eigenvalue weighted by molar-refractivity contribution is 7.25. The first-order valence-corrected chi connectivity index (χ1v) is 17.6. The molecule has 0 bridgehead atoms. The lowest BCUT2D eigenvalue weighted by molar-refractivity contribution is 1.18. The topological polar surface area (TPSA) is 30.7 Å². The van der Waals surface area contributed by atoms with E-state index in [1.807, 2.05) is 6.07 Å². The molecule has 3 heterocycles. The Labute approximate surface area is 293 Å². The normalized spacial score (nSPS) is 11.6. The number of fused-ring (bicyclic) bond motifs is 6. The third kappa shape index (κ3) is 4.73. The fourth-order valence-electron chi connectivity index (χ4n) is 7.26. The van der Waals surface area contributed by atoms with Crippen LogP contribution in [0.15, 0.2) is 176 Å². The van der Waals surface area contributed by atoms with Crippen LogP contribution in [0.2, 0.25) is 0 Å². The van der Waals surface area contributed by atoms with Crippen LogP contribution in [0.1, 0.15) is 0 Å². The fraction of sp³-hybridized carbons (Fsp3) is 0. The van der Waals surface area contributed by atoms with E-state index in [1.165, 1.54) is 48.6 Å². The third-order valence-corrected chi connectivity index (χ3v) is 10.7. The Bertz CT molecular complexity index is 2850. The lowest BCUT2D eigenvalue weighted by Crippen LogP contribution is -1.94. The summed E-state index contributed by atoms with van der Waals surface area (Å²) >= 11 is 1.73. The van der Waals surface area contributed by atoms with E-state index in [0.717, 1.165) is 44.1 Å². The monoisotopic (exact) mass is 655 g/mol. The van der Waals surface area contributed by atoms with Crippen LogP contribution < -0.4 is 0 Å². The standard InChI is InChI=1S/C46H29N3S/c1-3-12-30(13-4-1)31-22-24-32(25-23-31)45-47-44(43-38-19-8-10-21-42(38)50-46(43)48-45)35-15-11-14-33(28-35)34-26-27-41-39(29-34)37-18-7-9-20-40(37)49(41)36-16-5-2-6-17-36/h1-29H. The molecule has 0 saturated carbocycles. The molecule has 0 fully saturated rings. The van der Waals surface area contributed by atoms with Gasteiger partial charge in [0.2, 0.25) is 0 Å². The van der Waals surface area contributed by atoms with Gasteiger partial charge in [0.1, 0.15) is 4.83 Å². The van der Waals surface area contributed by atoms with Gasteiger partial charge in [0.25, 0.3) is 0 Å². The summed E-state index contributed by atoms with van der Waals surface area (Å²) in [5.41, 5.74) is 11.3. The second-order valence-electron chi connectivity index (χ2n) is 12.6. The zero-order chi connectivity index (χ0) is 33.0. The van der Waals surface area contributed by atoms with Crippen LogP contribution in [0, 0.1) is 0 Å². The zero-order valence-corrected chi connectivity index (χ0v) is 27.8. The van der Waals surface area contributed by atoms with Gasteiger partial charge in [-0.2, -0.15) is 0 Å². The minimum atomic E-state index is 0.735. The van der Waals surface area contributed by atoms with Crippen LogP contribution in [-0.4, -0.2) is 14.5 Å². The smallest absolute Gasteiger partial charge is 0.161 e. The van der Waals surface area contributed by atoms with Crippen LogP contribution >= 0.6 is 11.3 Å². The summed E-state index contributed by atoms with van der Waals surface area (Å²) < 4.78 is 3.57. The van der Waals surface area contributed by atoms with E-state index in [1.54, 1.807) is 11.3 Å². The quantitative estimate of drug-likeness (QED) is 0.185. The van der Waals surface area contributed by atoms with Gasteiger partial charge in [-0.1, -0.05) is 133 Å². The van der Waals surface area contributed by atoms with Crippen LogP contribution in [0.25, 0.3) is 92.7 Å². The van der Waals surface area contributed by atoms with Crippen molar-refractivity contribution in [2.24, 2.45) is 0 Å². The number of rotatable bonds is 5. The van der Waals surface area contributed by atoms with E-state index < -0.39 is 0 Å². The van der Waals surface area contributed by atoms with Crippen LogP contribution in [0.5, 0.6) is 0 Å². The van der Waals surface area contributed by atoms with Crippen molar-refractivity contribution < 1.29 is 0 Å². The highest BCUT2D eigenvalue weighted by atomic mass is 32.1. The van der Waals surface area contributed by atoms with E-state index in [2.05, 4.69) is 174 Å². The highest BCUT2D eigenvalue weighted by Gasteiger charge is 2.18. The van der Waals surface area contributed by atoms with Crippen LogP contribution in [-0.2, 0) is 0 Å². The molecule has 0 amide bonds.